The van der Waals surface area contributed by atoms with Gasteiger partial charge >= 0.3 is 21.9 Å². The number of thiazole rings is 2. The summed E-state index contributed by atoms with van der Waals surface area (Å²) in [6.45, 7) is 4.75. The molecule has 0 saturated heterocycles. The highest BCUT2D eigenvalue weighted by atomic mass is 32.1. The normalized spacial score (nSPS) is 10.9. The Kier molecular flexibility index (Phi) is 10.5. The molecule has 0 N–H and O–H groups in total. The lowest BCUT2D eigenvalue weighted by Crippen LogP contribution is -3.00. The van der Waals surface area contributed by atoms with Gasteiger partial charge in [-0.15, -0.1) is 0 Å². The standard InChI is InChI=1S/C24H32N4O4S2.2FH/c1-17-19(27-11-15-33-23(27)25(17)3)21(29)31-13-9-7-5-6-8-10-14-32-22(30)20-18(2)26(4)24-28(20)12-16-34-24;;/h11-12,15-16H,5-10,13-14H2,1-4H3;2*1H/q+2;;/p-2. The van der Waals surface area contributed by atoms with Crippen LogP contribution in [0.4, 0.5) is 0 Å². The fraction of sp³-hybridized carbons (Fsp3) is 0.500. The number of esters is 2. The van der Waals surface area contributed by atoms with Gasteiger partial charge < -0.3 is 18.9 Å². The Morgan fingerprint density at radius 3 is 1.47 bits per heavy atom. The lowest BCUT2D eigenvalue weighted by Gasteiger charge is -2.05. The van der Waals surface area contributed by atoms with Crippen LogP contribution in [0.1, 0.15) is 70.9 Å². The van der Waals surface area contributed by atoms with Crippen LogP contribution in [0.5, 0.6) is 0 Å². The third kappa shape index (κ3) is 5.75. The van der Waals surface area contributed by atoms with Crippen molar-refractivity contribution in [2.45, 2.75) is 52.4 Å². The van der Waals surface area contributed by atoms with Crippen LogP contribution >= 0.6 is 22.7 Å². The predicted molar refractivity (Wildman–Crippen MR) is 131 cm³/mol. The number of hydrogen-bond acceptors (Lipinski definition) is 6. The van der Waals surface area contributed by atoms with Gasteiger partial charge in [-0.3, -0.25) is 0 Å². The molecule has 0 unspecified atom stereocenters. The Labute approximate surface area is 216 Å². The molecule has 0 radical (unpaired) electrons. The summed E-state index contributed by atoms with van der Waals surface area (Å²) in [5, 5.41) is 3.94. The number of carbonyl (C=O) groups excluding carboxylic acids is 2. The molecule has 36 heavy (non-hydrogen) atoms. The molecule has 4 rings (SSSR count). The number of aromatic nitrogens is 4. The number of imidazole rings is 2. The molecule has 0 atom stereocenters. The van der Waals surface area contributed by atoms with Crippen molar-refractivity contribution in [3.63, 3.8) is 0 Å². The third-order valence-corrected chi connectivity index (χ3v) is 8.20. The number of rotatable bonds is 11. The lowest BCUT2D eigenvalue weighted by molar-refractivity contribution is -0.510. The van der Waals surface area contributed by atoms with E-state index in [-0.39, 0.29) is 21.3 Å². The first kappa shape index (κ1) is 29.4. The molecule has 12 heteroatoms. The number of carbonyl (C=O) groups is 2. The van der Waals surface area contributed by atoms with Crippen LogP contribution in [0.2, 0.25) is 0 Å². The quantitative estimate of drug-likeness (QED) is 0.124. The van der Waals surface area contributed by atoms with Crippen molar-refractivity contribution in [2.24, 2.45) is 14.1 Å². The van der Waals surface area contributed by atoms with E-state index in [1.165, 1.54) is 0 Å². The summed E-state index contributed by atoms with van der Waals surface area (Å²) >= 11 is 3.20. The molecule has 4 aromatic rings. The first-order valence-corrected chi connectivity index (χ1v) is 13.4. The van der Waals surface area contributed by atoms with E-state index in [1.807, 2.05) is 69.0 Å². The van der Waals surface area contributed by atoms with Gasteiger partial charge in [-0.2, -0.15) is 8.80 Å². The Morgan fingerprint density at radius 2 is 1.08 bits per heavy atom. The second kappa shape index (κ2) is 12.9. The molecule has 8 nitrogen and oxygen atoms in total. The summed E-state index contributed by atoms with van der Waals surface area (Å²) in [6, 6.07) is 0. The summed E-state index contributed by atoms with van der Waals surface area (Å²) in [7, 11) is 3.92. The van der Waals surface area contributed by atoms with Gasteiger partial charge in [0, 0.05) is 24.6 Å². The molecule has 0 amide bonds. The van der Waals surface area contributed by atoms with Gasteiger partial charge in [-0.25, -0.2) is 18.7 Å². The molecule has 0 bridgehead atoms. The lowest BCUT2D eigenvalue weighted by atomic mass is 10.1. The second-order valence-electron chi connectivity index (χ2n) is 8.49. The maximum absolute atomic E-state index is 12.5. The fourth-order valence-electron chi connectivity index (χ4n) is 4.19. The van der Waals surface area contributed by atoms with E-state index >= 15 is 0 Å². The van der Waals surface area contributed by atoms with Gasteiger partial charge in [0.1, 0.15) is 12.4 Å². The predicted octanol–water partition coefficient (Wildman–Crippen LogP) is -2.06. The van der Waals surface area contributed by atoms with Crippen LogP contribution in [0.3, 0.4) is 0 Å². The zero-order valence-electron chi connectivity index (χ0n) is 21.0. The Bertz CT molecular complexity index is 1220. The van der Waals surface area contributed by atoms with E-state index in [0.717, 1.165) is 59.8 Å². The first-order valence-electron chi connectivity index (χ1n) is 11.6. The number of halogens is 2. The van der Waals surface area contributed by atoms with Crippen molar-refractivity contribution in [1.29, 1.82) is 0 Å². The number of ether oxygens (including phenoxy) is 2. The van der Waals surface area contributed by atoms with E-state index < -0.39 is 0 Å². The molecule has 198 valence electrons. The van der Waals surface area contributed by atoms with E-state index in [9.17, 15) is 9.59 Å². The van der Waals surface area contributed by atoms with Crippen molar-refractivity contribution in [3.05, 3.63) is 45.9 Å². The third-order valence-electron chi connectivity index (χ3n) is 6.32. The fourth-order valence-corrected chi connectivity index (χ4v) is 5.92. The topological polar surface area (TPSA) is 70.7 Å². The van der Waals surface area contributed by atoms with Crippen LogP contribution in [0.25, 0.3) is 9.92 Å². The largest absolute Gasteiger partial charge is 1.00 e. The van der Waals surface area contributed by atoms with Gasteiger partial charge in [0.2, 0.25) is 0 Å². The summed E-state index contributed by atoms with van der Waals surface area (Å²) in [5.41, 5.74) is 3.05. The van der Waals surface area contributed by atoms with Crippen molar-refractivity contribution in [2.75, 3.05) is 13.2 Å². The van der Waals surface area contributed by atoms with Crippen LogP contribution in [0.15, 0.2) is 23.2 Å². The van der Waals surface area contributed by atoms with Crippen LogP contribution in [-0.4, -0.2) is 34.3 Å². The monoisotopic (exact) mass is 542 g/mol. The minimum atomic E-state index is -0.264. The van der Waals surface area contributed by atoms with Crippen LogP contribution < -0.4 is 18.2 Å². The second-order valence-corrected chi connectivity index (χ2v) is 10.2. The molecule has 4 heterocycles. The molecule has 0 aliphatic heterocycles. The van der Waals surface area contributed by atoms with E-state index in [2.05, 4.69) is 0 Å². The number of aryl methyl sites for hydroxylation is 2. The number of fused-ring (bicyclic) bond motifs is 2. The minimum Gasteiger partial charge on any atom is -1.00 e. The van der Waals surface area contributed by atoms with Crippen molar-refractivity contribution in [3.8, 4) is 0 Å². The molecular formula is C24H32F2N4O4S2. The molecule has 0 aliphatic rings. The van der Waals surface area contributed by atoms with Crippen molar-refractivity contribution in [1.82, 2.24) is 9.13 Å². The average molecular weight is 543 g/mol. The maximum atomic E-state index is 12.5. The highest BCUT2D eigenvalue weighted by molar-refractivity contribution is 7.14. The van der Waals surface area contributed by atoms with Crippen molar-refractivity contribution < 1.29 is 37.3 Å². The summed E-state index contributed by atoms with van der Waals surface area (Å²) < 4.78 is 18.9. The molecular weight excluding hydrogens is 510 g/mol. The highest BCUT2D eigenvalue weighted by Gasteiger charge is 2.29. The van der Waals surface area contributed by atoms with Gasteiger partial charge in [0.25, 0.3) is 11.4 Å². The van der Waals surface area contributed by atoms with Gasteiger partial charge in [-0.1, -0.05) is 48.4 Å². The summed E-state index contributed by atoms with van der Waals surface area (Å²) in [4.78, 5) is 27.1. The minimum absolute atomic E-state index is 0. The van der Waals surface area contributed by atoms with Crippen LogP contribution in [0, 0.1) is 13.8 Å². The molecule has 0 saturated carbocycles. The van der Waals surface area contributed by atoms with Crippen LogP contribution in [-0.2, 0) is 23.6 Å². The van der Waals surface area contributed by atoms with E-state index in [0.29, 0.717) is 24.6 Å². The number of unbranched alkanes of at least 4 members (excludes halogenated alkanes) is 5. The van der Waals surface area contributed by atoms with Gasteiger partial charge in [-0.05, 0) is 12.8 Å². The van der Waals surface area contributed by atoms with Gasteiger partial charge in [0.15, 0.2) is 11.4 Å². The Morgan fingerprint density at radius 1 is 0.722 bits per heavy atom. The SMILES string of the molecule is Cc1c(C(=O)OCCCCCCCCOC(=O)c2c(C)n(C)c3scc[n+]23)[n+]2ccsc2n1C.[F-].[F-]. The molecule has 0 spiro atoms. The Hall–Kier alpha value is -2.86. The average Bonchev–Trinajstić information content (AvgIpc) is 3.57. The zero-order chi connectivity index (χ0) is 24.2. The smallest absolute Gasteiger partial charge is 0.383 e. The molecule has 0 fully saturated rings. The molecule has 0 aliphatic carbocycles. The van der Waals surface area contributed by atoms with Gasteiger partial charge in [0.05, 0.1) is 27.3 Å². The number of hydrogen-bond donors (Lipinski definition) is 0. The van der Waals surface area contributed by atoms with E-state index in [1.54, 1.807) is 22.7 Å². The first-order chi connectivity index (χ1) is 16.4. The van der Waals surface area contributed by atoms with Crippen molar-refractivity contribution >= 4 is 44.5 Å². The zero-order valence-corrected chi connectivity index (χ0v) is 22.6. The summed E-state index contributed by atoms with van der Waals surface area (Å²) in [6.07, 6.45) is 9.68. The maximum Gasteiger partial charge on any atom is 0.383 e. The van der Waals surface area contributed by atoms with E-state index in [4.69, 9.17) is 9.47 Å². The Balaban J connectivity index is 0.00000228. The molecule has 4 aromatic heterocycles. The highest BCUT2D eigenvalue weighted by Crippen LogP contribution is 2.16. The summed E-state index contributed by atoms with van der Waals surface area (Å²) in [5.74, 6) is -0.528. The number of nitrogens with zero attached hydrogens (tertiary/aromatic N) is 4. The molecule has 0 aromatic carbocycles.